The van der Waals surface area contributed by atoms with Gasteiger partial charge < -0.3 is 15.8 Å². The van der Waals surface area contributed by atoms with Crippen LogP contribution >= 0.6 is 0 Å². The van der Waals surface area contributed by atoms with Crippen molar-refractivity contribution in [3.63, 3.8) is 0 Å². The number of aryl methyl sites for hydroxylation is 2. The highest BCUT2D eigenvalue weighted by Gasteiger charge is 2.11. The number of hydrogen-bond acceptors (Lipinski definition) is 5. The molecule has 1 aromatic carbocycles. The van der Waals surface area contributed by atoms with Gasteiger partial charge >= 0.3 is 0 Å². The van der Waals surface area contributed by atoms with Crippen molar-refractivity contribution in [3.05, 3.63) is 46.8 Å². The van der Waals surface area contributed by atoms with E-state index in [1.807, 2.05) is 6.07 Å². The number of ether oxygens (including phenoxy) is 1. The fraction of sp³-hybridized carbons (Fsp3) is 0.267. The van der Waals surface area contributed by atoms with Crippen LogP contribution in [0.5, 0.6) is 5.75 Å². The van der Waals surface area contributed by atoms with Gasteiger partial charge in [-0.3, -0.25) is 4.79 Å². The average molecular weight is 286 g/mol. The molecule has 0 atom stereocenters. The van der Waals surface area contributed by atoms with Gasteiger partial charge in [0.15, 0.2) is 0 Å². The largest absolute Gasteiger partial charge is 0.495 e. The van der Waals surface area contributed by atoms with E-state index in [0.29, 0.717) is 34.9 Å². The SMILES string of the molecule is COc1ccc(CNC(=O)c2cc(C)nnc2C)cc1N. The van der Waals surface area contributed by atoms with Crippen LogP contribution in [-0.2, 0) is 6.54 Å². The molecule has 6 heteroatoms. The summed E-state index contributed by atoms with van der Waals surface area (Å²) in [6, 6.07) is 7.14. The van der Waals surface area contributed by atoms with E-state index in [4.69, 9.17) is 10.5 Å². The van der Waals surface area contributed by atoms with Crippen molar-refractivity contribution < 1.29 is 9.53 Å². The number of benzene rings is 1. The van der Waals surface area contributed by atoms with Crippen LogP contribution in [0.1, 0.15) is 27.3 Å². The molecule has 0 spiro atoms. The Kier molecular flexibility index (Phi) is 4.37. The number of aromatic nitrogens is 2. The van der Waals surface area contributed by atoms with E-state index >= 15 is 0 Å². The summed E-state index contributed by atoms with van der Waals surface area (Å²) in [5, 5.41) is 10.7. The molecule has 6 nitrogen and oxygen atoms in total. The zero-order valence-corrected chi connectivity index (χ0v) is 12.3. The van der Waals surface area contributed by atoms with Crippen molar-refractivity contribution in [1.29, 1.82) is 0 Å². The Morgan fingerprint density at radius 3 is 2.71 bits per heavy atom. The first-order valence-corrected chi connectivity index (χ1v) is 6.52. The standard InChI is InChI=1S/C15H18N4O2/c1-9-6-12(10(2)19-18-9)15(20)17-8-11-4-5-14(21-3)13(16)7-11/h4-7H,8,16H2,1-3H3,(H,17,20). The minimum absolute atomic E-state index is 0.181. The van der Waals surface area contributed by atoms with Crippen LogP contribution in [-0.4, -0.2) is 23.2 Å². The van der Waals surface area contributed by atoms with Gasteiger partial charge in [0.1, 0.15) is 5.75 Å². The Morgan fingerprint density at radius 1 is 1.29 bits per heavy atom. The smallest absolute Gasteiger partial charge is 0.253 e. The summed E-state index contributed by atoms with van der Waals surface area (Å²) >= 11 is 0. The number of nitrogens with two attached hydrogens (primary N) is 1. The highest BCUT2D eigenvalue weighted by atomic mass is 16.5. The third-order valence-electron chi connectivity index (χ3n) is 3.09. The maximum Gasteiger partial charge on any atom is 0.253 e. The van der Waals surface area contributed by atoms with Crippen molar-refractivity contribution in [2.75, 3.05) is 12.8 Å². The van der Waals surface area contributed by atoms with E-state index in [-0.39, 0.29) is 5.91 Å². The number of methoxy groups -OCH3 is 1. The minimum Gasteiger partial charge on any atom is -0.495 e. The molecule has 21 heavy (non-hydrogen) atoms. The molecule has 0 aliphatic rings. The van der Waals surface area contributed by atoms with Gasteiger partial charge in [0.25, 0.3) is 5.91 Å². The van der Waals surface area contributed by atoms with Crippen molar-refractivity contribution in [3.8, 4) is 5.75 Å². The van der Waals surface area contributed by atoms with Gasteiger partial charge in [-0.25, -0.2) is 0 Å². The van der Waals surface area contributed by atoms with Gasteiger partial charge in [-0.15, -0.1) is 0 Å². The third kappa shape index (κ3) is 3.47. The molecule has 1 aromatic heterocycles. The summed E-state index contributed by atoms with van der Waals surface area (Å²) in [4.78, 5) is 12.2. The zero-order chi connectivity index (χ0) is 15.4. The van der Waals surface area contributed by atoms with Crippen LogP contribution in [0.25, 0.3) is 0 Å². The first kappa shape index (κ1) is 14.8. The quantitative estimate of drug-likeness (QED) is 0.833. The van der Waals surface area contributed by atoms with Crippen LogP contribution in [0.4, 0.5) is 5.69 Å². The number of rotatable bonds is 4. The Balaban J connectivity index is 2.07. The van der Waals surface area contributed by atoms with Crippen molar-refractivity contribution >= 4 is 11.6 Å². The number of carbonyl (C=O) groups excluding carboxylic acids is 1. The van der Waals surface area contributed by atoms with E-state index < -0.39 is 0 Å². The van der Waals surface area contributed by atoms with E-state index in [2.05, 4.69) is 15.5 Å². The number of anilines is 1. The zero-order valence-electron chi connectivity index (χ0n) is 12.3. The number of nitrogens with one attached hydrogen (secondary N) is 1. The molecule has 2 rings (SSSR count). The highest BCUT2D eigenvalue weighted by Crippen LogP contribution is 2.21. The van der Waals surface area contributed by atoms with Crippen molar-refractivity contribution in [2.24, 2.45) is 0 Å². The molecule has 0 unspecified atom stereocenters. The fourth-order valence-electron chi connectivity index (χ4n) is 1.95. The Morgan fingerprint density at radius 2 is 2.05 bits per heavy atom. The van der Waals surface area contributed by atoms with Crippen molar-refractivity contribution in [1.82, 2.24) is 15.5 Å². The molecule has 1 amide bonds. The minimum atomic E-state index is -0.181. The maximum absolute atomic E-state index is 12.2. The molecule has 0 bridgehead atoms. The molecule has 0 radical (unpaired) electrons. The van der Waals surface area contributed by atoms with Crippen LogP contribution in [0, 0.1) is 13.8 Å². The van der Waals surface area contributed by atoms with Gasteiger partial charge in [-0.05, 0) is 37.6 Å². The lowest BCUT2D eigenvalue weighted by molar-refractivity contribution is 0.0949. The lowest BCUT2D eigenvalue weighted by atomic mass is 10.1. The van der Waals surface area contributed by atoms with E-state index in [1.54, 1.807) is 39.2 Å². The predicted molar refractivity (Wildman–Crippen MR) is 80.1 cm³/mol. The van der Waals surface area contributed by atoms with Crippen LogP contribution in [0.2, 0.25) is 0 Å². The van der Waals surface area contributed by atoms with Crippen molar-refractivity contribution in [2.45, 2.75) is 20.4 Å². The van der Waals surface area contributed by atoms with Gasteiger partial charge in [0, 0.05) is 6.54 Å². The van der Waals surface area contributed by atoms with Gasteiger partial charge in [0.2, 0.25) is 0 Å². The summed E-state index contributed by atoms with van der Waals surface area (Å²) in [6.45, 7) is 3.94. The molecule has 3 N–H and O–H groups in total. The summed E-state index contributed by atoms with van der Waals surface area (Å²) in [5.41, 5.74) is 9.13. The molecule has 2 aromatic rings. The molecule has 0 aliphatic carbocycles. The molecule has 1 heterocycles. The second-order valence-corrected chi connectivity index (χ2v) is 4.74. The normalized spacial score (nSPS) is 10.2. The fourth-order valence-corrected chi connectivity index (χ4v) is 1.95. The van der Waals surface area contributed by atoms with E-state index in [1.165, 1.54) is 0 Å². The van der Waals surface area contributed by atoms with Crippen LogP contribution in [0.15, 0.2) is 24.3 Å². The molecular weight excluding hydrogens is 268 g/mol. The number of nitrogens with zero attached hydrogens (tertiary/aromatic N) is 2. The monoisotopic (exact) mass is 286 g/mol. The molecule has 0 aliphatic heterocycles. The first-order chi connectivity index (χ1) is 10.0. The number of nitrogen functional groups attached to an aromatic ring is 1. The summed E-state index contributed by atoms with van der Waals surface area (Å²) in [6.07, 6.45) is 0. The van der Waals surface area contributed by atoms with Gasteiger partial charge in [0.05, 0.1) is 29.7 Å². The van der Waals surface area contributed by atoms with Crippen LogP contribution in [0.3, 0.4) is 0 Å². The number of carbonyl (C=O) groups is 1. The Hall–Kier alpha value is -2.63. The maximum atomic E-state index is 12.2. The molecule has 0 fully saturated rings. The summed E-state index contributed by atoms with van der Waals surface area (Å²) < 4.78 is 5.10. The first-order valence-electron chi connectivity index (χ1n) is 6.52. The second kappa shape index (κ2) is 6.21. The molecule has 110 valence electrons. The predicted octanol–water partition coefficient (Wildman–Crippen LogP) is 1.61. The number of amides is 1. The Bertz CT molecular complexity index is 671. The lowest BCUT2D eigenvalue weighted by Gasteiger charge is -2.09. The van der Waals surface area contributed by atoms with Gasteiger partial charge in [-0.2, -0.15) is 10.2 Å². The molecule has 0 saturated heterocycles. The van der Waals surface area contributed by atoms with Crippen LogP contribution < -0.4 is 15.8 Å². The Labute approximate surface area is 123 Å². The van der Waals surface area contributed by atoms with E-state index in [0.717, 1.165) is 5.56 Å². The van der Waals surface area contributed by atoms with Gasteiger partial charge in [-0.1, -0.05) is 6.07 Å². The lowest BCUT2D eigenvalue weighted by Crippen LogP contribution is -2.24. The van der Waals surface area contributed by atoms with E-state index in [9.17, 15) is 4.79 Å². The highest BCUT2D eigenvalue weighted by molar-refractivity contribution is 5.95. The second-order valence-electron chi connectivity index (χ2n) is 4.74. The third-order valence-corrected chi connectivity index (χ3v) is 3.09. The summed E-state index contributed by atoms with van der Waals surface area (Å²) in [7, 11) is 1.56. The average Bonchev–Trinajstić information content (AvgIpc) is 2.47. The molecule has 0 saturated carbocycles. The molecular formula is C15H18N4O2. The number of hydrogen-bond donors (Lipinski definition) is 2. The summed E-state index contributed by atoms with van der Waals surface area (Å²) in [5.74, 6) is 0.440. The topological polar surface area (TPSA) is 90.1 Å².